The van der Waals surface area contributed by atoms with Crippen LogP contribution in [0.2, 0.25) is 0 Å². The Balaban J connectivity index is 2.42. The summed E-state index contributed by atoms with van der Waals surface area (Å²) in [6.07, 6.45) is 41.3. The highest BCUT2D eigenvalue weighted by Crippen LogP contribution is 2.22. The molecule has 1 rings (SSSR count). The van der Waals surface area contributed by atoms with Gasteiger partial charge >= 0.3 is 11.9 Å². The first-order chi connectivity index (χ1) is 27.8. The second-order valence-corrected chi connectivity index (χ2v) is 14.0. The third-order valence-corrected chi connectivity index (χ3v) is 8.96. The lowest BCUT2D eigenvalue weighted by Crippen LogP contribution is -2.59. The van der Waals surface area contributed by atoms with E-state index < -0.39 is 55.4 Å². The van der Waals surface area contributed by atoms with Gasteiger partial charge in [0.15, 0.2) is 12.4 Å². The zero-order valence-electron chi connectivity index (χ0n) is 34.8. The molecule has 1 heterocycles. The maximum absolute atomic E-state index is 12.8. The summed E-state index contributed by atoms with van der Waals surface area (Å²) in [6, 6.07) is 0. The van der Waals surface area contributed by atoms with E-state index in [1.54, 1.807) is 0 Å². The van der Waals surface area contributed by atoms with Crippen LogP contribution in [-0.2, 0) is 28.5 Å². The van der Waals surface area contributed by atoms with Gasteiger partial charge in [0.2, 0.25) is 0 Å². The van der Waals surface area contributed by atoms with Crippen LogP contribution >= 0.6 is 0 Å². The summed E-state index contributed by atoms with van der Waals surface area (Å²) in [7, 11) is 0. The van der Waals surface area contributed by atoms with Gasteiger partial charge in [-0.05, 0) is 89.9 Å². The van der Waals surface area contributed by atoms with Crippen molar-refractivity contribution in [2.45, 2.75) is 166 Å². The molecule has 1 fully saturated rings. The Labute approximate surface area is 343 Å². The smallest absolute Gasteiger partial charge is 0.306 e. The fraction of sp³-hybridized carbons (Fsp3) is 0.617. The standard InChI is InChI=1S/C47H74O10/c1-3-5-7-9-11-13-15-17-19-20-22-24-26-28-30-32-34-36-43(50)56-40(39-55-47-46(53)45(52)44(51)41(37-48)57-47)38-54-42(49)35-33-31-29-27-25-23-21-18-16-14-12-10-8-6-4-2/h5-8,11-14,17-19,21-22,24-25,27,40-41,44-48,51-53H,3-4,9-10,15-16,20,23,26,28-39H2,1-2H3/b7-5-,8-6-,13-11-,14-12-,19-17-,21-18-,24-22-,27-25-. The topological polar surface area (TPSA) is 152 Å². The molecule has 322 valence electrons. The van der Waals surface area contributed by atoms with E-state index in [1.165, 1.54) is 0 Å². The number of carbonyl (C=O) groups is 2. The molecule has 1 aliphatic heterocycles. The first-order valence-corrected chi connectivity index (χ1v) is 21.3. The van der Waals surface area contributed by atoms with E-state index in [1.807, 2.05) is 0 Å². The van der Waals surface area contributed by atoms with Crippen LogP contribution in [0, 0.1) is 0 Å². The molecule has 10 heteroatoms. The van der Waals surface area contributed by atoms with Crippen molar-refractivity contribution in [1.82, 2.24) is 0 Å². The average Bonchev–Trinajstić information content (AvgIpc) is 3.21. The van der Waals surface area contributed by atoms with Gasteiger partial charge in [0.1, 0.15) is 31.0 Å². The lowest BCUT2D eigenvalue weighted by Gasteiger charge is -2.39. The molecular formula is C47H74O10. The lowest BCUT2D eigenvalue weighted by atomic mass is 9.99. The minimum Gasteiger partial charge on any atom is -0.462 e. The van der Waals surface area contributed by atoms with Crippen molar-refractivity contribution in [2.24, 2.45) is 0 Å². The summed E-state index contributed by atoms with van der Waals surface area (Å²) in [5, 5.41) is 40.0. The molecule has 1 saturated heterocycles. The lowest BCUT2D eigenvalue weighted by molar-refractivity contribution is -0.305. The summed E-state index contributed by atoms with van der Waals surface area (Å²) in [5.41, 5.74) is 0. The van der Waals surface area contributed by atoms with Crippen LogP contribution in [0.1, 0.15) is 129 Å². The Hall–Kier alpha value is -3.38. The molecule has 10 nitrogen and oxygen atoms in total. The summed E-state index contributed by atoms with van der Waals surface area (Å²) >= 11 is 0. The predicted molar refractivity (Wildman–Crippen MR) is 228 cm³/mol. The van der Waals surface area contributed by atoms with Gasteiger partial charge < -0.3 is 39.4 Å². The largest absolute Gasteiger partial charge is 0.462 e. The van der Waals surface area contributed by atoms with Crippen molar-refractivity contribution >= 4 is 11.9 Å². The Bertz CT molecular complexity index is 1240. The van der Waals surface area contributed by atoms with Gasteiger partial charge in [0.25, 0.3) is 0 Å². The number of hydrogen-bond acceptors (Lipinski definition) is 10. The Morgan fingerprint density at radius 3 is 1.49 bits per heavy atom. The molecule has 4 N–H and O–H groups in total. The summed E-state index contributed by atoms with van der Waals surface area (Å²) in [6.45, 7) is 3.09. The van der Waals surface area contributed by atoms with Gasteiger partial charge in [-0.25, -0.2) is 0 Å². The Morgan fingerprint density at radius 2 is 0.982 bits per heavy atom. The van der Waals surface area contributed by atoms with Crippen molar-refractivity contribution in [2.75, 3.05) is 19.8 Å². The Kier molecular flexibility index (Phi) is 33.5. The van der Waals surface area contributed by atoms with E-state index in [0.29, 0.717) is 12.8 Å². The van der Waals surface area contributed by atoms with E-state index in [2.05, 4.69) is 111 Å². The molecule has 6 atom stereocenters. The summed E-state index contributed by atoms with van der Waals surface area (Å²) < 4.78 is 22.1. The van der Waals surface area contributed by atoms with Crippen molar-refractivity contribution in [3.63, 3.8) is 0 Å². The van der Waals surface area contributed by atoms with Crippen LogP contribution in [0.25, 0.3) is 0 Å². The molecule has 0 aromatic carbocycles. The number of aliphatic hydroxyl groups excluding tert-OH is 4. The number of esters is 2. The highest BCUT2D eigenvalue weighted by molar-refractivity contribution is 5.70. The average molecular weight is 799 g/mol. The van der Waals surface area contributed by atoms with Gasteiger partial charge in [-0.3, -0.25) is 9.59 Å². The number of unbranched alkanes of at least 4 members (excludes halogenated alkanes) is 6. The molecule has 0 amide bonds. The second-order valence-electron chi connectivity index (χ2n) is 14.0. The van der Waals surface area contributed by atoms with Crippen molar-refractivity contribution in [3.8, 4) is 0 Å². The third kappa shape index (κ3) is 28.6. The maximum Gasteiger partial charge on any atom is 0.306 e. The molecule has 57 heavy (non-hydrogen) atoms. The van der Waals surface area contributed by atoms with E-state index in [9.17, 15) is 30.0 Å². The fourth-order valence-corrected chi connectivity index (χ4v) is 5.64. The van der Waals surface area contributed by atoms with Crippen molar-refractivity contribution in [1.29, 1.82) is 0 Å². The summed E-state index contributed by atoms with van der Waals surface area (Å²) in [5.74, 6) is -0.896. The van der Waals surface area contributed by atoms with Crippen molar-refractivity contribution in [3.05, 3.63) is 97.2 Å². The first kappa shape index (κ1) is 51.6. The molecule has 0 radical (unpaired) electrons. The molecule has 0 aromatic rings. The van der Waals surface area contributed by atoms with Crippen LogP contribution in [0.4, 0.5) is 0 Å². The third-order valence-electron chi connectivity index (χ3n) is 8.96. The molecule has 0 saturated carbocycles. The van der Waals surface area contributed by atoms with E-state index in [0.717, 1.165) is 89.9 Å². The SMILES string of the molecule is CC/C=C\C/C=C\C/C=C\C/C=C\CCCCCCC(=O)OC(COC(=O)CCCC/C=C\C/C=C\C/C=C\C/C=C\CC)COC1OC(CO)C(O)C(O)C1O. The number of rotatable bonds is 33. The number of carbonyl (C=O) groups excluding carboxylic acids is 2. The molecular weight excluding hydrogens is 725 g/mol. The molecule has 0 bridgehead atoms. The van der Waals surface area contributed by atoms with Crippen LogP contribution in [0.5, 0.6) is 0 Å². The van der Waals surface area contributed by atoms with Crippen LogP contribution in [0.3, 0.4) is 0 Å². The van der Waals surface area contributed by atoms with Crippen LogP contribution in [-0.4, -0.2) is 89.0 Å². The van der Waals surface area contributed by atoms with E-state index in [4.69, 9.17) is 18.9 Å². The first-order valence-electron chi connectivity index (χ1n) is 21.3. The minimum absolute atomic E-state index is 0.186. The van der Waals surface area contributed by atoms with Gasteiger partial charge in [0, 0.05) is 12.8 Å². The second kappa shape index (κ2) is 36.9. The molecule has 0 aromatic heterocycles. The minimum atomic E-state index is -1.61. The highest BCUT2D eigenvalue weighted by atomic mass is 16.7. The van der Waals surface area contributed by atoms with Crippen LogP contribution < -0.4 is 0 Å². The van der Waals surface area contributed by atoms with Gasteiger partial charge in [-0.2, -0.15) is 0 Å². The molecule has 0 aliphatic carbocycles. The molecule has 6 unspecified atom stereocenters. The number of aliphatic hydroxyl groups is 4. The van der Waals surface area contributed by atoms with Crippen LogP contribution in [0.15, 0.2) is 97.2 Å². The zero-order valence-corrected chi connectivity index (χ0v) is 34.8. The quantitative estimate of drug-likeness (QED) is 0.0288. The monoisotopic (exact) mass is 799 g/mol. The maximum atomic E-state index is 12.8. The van der Waals surface area contributed by atoms with E-state index >= 15 is 0 Å². The normalized spacial score (nSPS) is 21.3. The predicted octanol–water partition coefficient (Wildman–Crippen LogP) is 8.77. The van der Waals surface area contributed by atoms with Gasteiger partial charge in [-0.1, -0.05) is 124 Å². The van der Waals surface area contributed by atoms with Gasteiger partial charge in [0.05, 0.1) is 13.2 Å². The highest BCUT2D eigenvalue weighted by Gasteiger charge is 2.44. The number of hydrogen-bond donors (Lipinski definition) is 4. The summed E-state index contributed by atoms with van der Waals surface area (Å²) in [4.78, 5) is 25.3. The number of ether oxygens (including phenoxy) is 4. The number of allylic oxidation sites excluding steroid dienone is 16. The zero-order chi connectivity index (χ0) is 41.6. The molecule has 0 spiro atoms. The fourth-order valence-electron chi connectivity index (χ4n) is 5.64. The van der Waals surface area contributed by atoms with E-state index in [-0.39, 0.29) is 26.1 Å². The Morgan fingerprint density at radius 1 is 0.544 bits per heavy atom. The molecule has 1 aliphatic rings. The van der Waals surface area contributed by atoms with Gasteiger partial charge in [-0.15, -0.1) is 0 Å². The van der Waals surface area contributed by atoms with Crippen molar-refractivity contribution < 1.29 is 49.0 Å².